The van der Waals surface area contributed by atoms with Crippen LogP contribution in [0.2, 0.25) is 0 Å². The Labute approximate surface area is 197 Å². The van der Waals surface area contributed by atoms with Gasteiger partial charge in [-0.1, -0.05) is 35.6 Å². The third kappa shape index (κ3) is 5.25. The van der Waals surface area contributed by atoms with Crippen LogP contribution in [-0.2, 0) is 0 Å². The lowest BCUT2D eigenvalue weighted by molar-refractivity contribution is 0.0425. The van der Waals surface area contributed by atoms with E-state index in [9.17, 15) is 9.18 Å². The molecule has 0 radical (unpaired) electrons. The van der Waals surface area contributed by atoms with Gasteiger partial charge in [0.1, 0.15) is 11.9 Å². The summed E-state index contributed by atoms with van der Waals surface area (Å²) < 4.78 is 19.1. The van der Waals surface area contributed by atoms with Crippen molar-refractivity contribution in [3.05, 3.63) is 71.5 Å². The predicted octanol–water partition coefficient (Wildman–Crippen LogP) is 5.10. The molecule has 3 heterocycles. The average molecular weight is 466 g/mol. The summed E-state index contributed by atoms with van der Waals surface area (Å²) in [7, 11) is 0. The van der Waals surface area contributed by atoms with Crippen LogP contribution in [-0.4, -0.2) is 59.0 Å². The fourth-order valence-corrected chi connectivity index (χ4v) is 5.39. The van der Waals surface area contributed by atoms with Gasteiger partial charge < -0.3 is 9.64 Å². The Bertz CT molecular complexity index is 1040. The Morgan fingerprint density at radius 1 is 0.909 bits per heavy atom. The number of amides is 1. The molecule has 172 valence electrons. The maximum atomic E-state index is 13.2. The van der Waals surface area contributed by atoms with Crippen LogP contribution in [0.5, 0.6) is 5.19 Å². The van der Waals surface area contributed by atoms with Crippen molar-refractivity contribution < 1.29 is 13.9 Å². The summed E-state index contributed by atoms with van der Waals surface area (Å²) >= 11 is 1.55. The Kier molecular flexibility index (Phi) is 6.69. The first-order valence-electron chi connectivity index (χ1n) is 11.6. The molecule has 5 rings (SSSR count). The first-order valence-corrected chi connectivity index (χ1v) is 12.5. The summed E-state index contributed by atoms with van der Waals surface area (Å²) in [6, 6.07) is 14.6. The van der Waals surface area contributed by atoms with Crippen LogP contribution in [0.25, 0.3) is 11.1 Å². The maximum Gasteiger partial charge on any atom is 0.273 e. The molecule has 0 bridgehead atoms. The standard InChI is InChI=1S/C26H28FN3O2S/c27-22-7-5-20(6-8-22)19-1-3-21(4-2-19)25(31)30-14-9-23(10-15-30)29-16-11-24(12-17-29)32-26-28-13-18-33-26/h1-8,13,18,23-24H,9-12,14-17H2. The molecule has 0 aliphatic carbocycles. The minimum Gasteiger partial charge on any atom is -0.467 e. The number of ether oxygens (including phenoxy) is 1. The zero-order valence-corrected chi connectivity index (χ0v) is 19.3. The number of hydrogen-bond acceptors (Lipinski definition) is 5. The van der Waals surface area contributed by atoms with Gasteiger partial charge in [-0.15, -0.1) is 0 Å². The number of halogens is 1. The van der Waals surface area contributed by atoms with E-state index in [1.807, 2.05) is 34.5 Å². The third-order valence-corrected chi connectivity index (χ3v) is 7.39. The highest BCUT2D eigenvalue weighted by molar-refractivity contribution is 7.11. The largest absolute Gasteiger partial charge is 0.467 e. The van der Waals surface area contributed by atoms with Crippen LogP contribution in [0.1, 0.15) is 36.0 Å². The van der Waals surface area contributed by atoms with Crippen LogP contribution in [0, 0.1) is 5.82 Å². The molecule has 2 saturated heterocycles. The van der Waals surface area contributed by atoms with Crippen molar-refractivity contribution in [1.29, 1.82) is 0 Å². The Balaban J connectivity index is 1.10. The van der Waals surface area contributed by atoms with E-state index in [2.05, 4.69) is 9.88 Å². The molecule has 2 aliphatic heterocycles. The van der Waals surface area contributed by atoms with Gasteiger partial charge >= 0.3 is 0 Å². The van der Waals surface area contributed by atoms with Gasteiger partial charge in [0.25, 0.3) is 11.1 Å². The van der Waals surface area contributed by atoms with Crippen LogP contribution < -0.4 is 4.74 Å². The van der Waals surface area contributed by atoms with E-state index >= 15 is 0 Å². The SMILES string of the molecule is O=C(c1ccc(-c2ccc(F)cc2)cc1)N1CCC(N2CCC(Oc3nccs3)CC2)CC1. The number of rotatable bonds is 5. The van der Waals surface area contributed by atoms with Crippen molar-refractivity contribution >= 4 is 17.2 Å². The first kappa shape index (κ1) is 22.0. The molecule has 0 atom stereocenters. The van der Waals surface area contributed by atoms with Gasteiger partial charge in [0.2, 0.25) is 0 Å². The highest BCUT2D eigenvalue weighted by Crippen LogP contribution is 2.26. The Morgan fingerprint density at radius 2 is 1.55 bits per heavy atom. The smallest absolute Gasteiger partial charge is 0.273 e. The third-order valence-electron chi connectivity index (χ3n) is 6.73. The van der Waals surface area contributed by atoms with Crippen molar-refractivity contribution in [3.8, 4) is 16.3 Å². The molecule has 1 amide bonds. The molecular weight excluding hydrogens is 437 g/mol. The van der Waals surface area contributed by atoms with Gasteiger partial charge in [-0.25, -0.2) is 9.37 Å². The van der Waals surface area contributed by atoms with E-state index in [4.69, 9.17) is 4.74 Å². The molecule has 0 spiro atoms. The van der Waals surface area contributed by atoms with Crippen LogP contribution in [0.4, 0.5) is 4.39 Å². The van der Waals surface area contributed by atoms with Crippen LogP contribution in [0.15, 0.2) is 60.1 Å². The van der Waals surface area contributed by atoms with Gasteiger partial charge in [0.15, 0.2) is 0 Å². The molecule has 33 heavy (non-hydrogen) atoms. The lowest BCUT2D eigenvalue weighted by Gasteiger charge is -2.41. The average Bonchev–Trinajstić information content (AvgIpc) is 3.38. The molecule has 1 aromatic heterocycles. The van der Waals surface area contributed by atoms with Crippen molar-refractivity contribution in [2.45, 2.75) is 37.8 Å². The topological polar surface area (TPSA) is 45.7 Å². The second kappa shape index (κ2) is 10.0. The number of thiazole rings is 1. The number of aromatic nitrogens is 1. The molecule has 0 saturated carbocycles. The lowest BCUT2D eigenvalue weighted by Crippen LogP contribution is -2.50. The number of nitrogens with zero attached hydrogens (tertiary/aromatic N) is 3. The van der Waals surface area contributed by atoms with Crippen molar-refractivity contribution in [2.24, 2.45) is 0 Å². The van der Waals surface area contributed by atoms with Gasteiger partial charge in [0.05, 0.1) is 0 Å². The summed E-state index contributed by atoms with van der Waals surface area (Å²) in [5, 5.41) is 2.71. The molecular formula is C26H28FN3O2S. The number of carbonyl (C=O) groups excluding carboxylic acids is 1. The molecule has 5 nitrogen and oxygen atoms in total. The Morgan fingerprint density at radius 3 is 2.15 bits per heavy atom. The molecule has 7 heteroatoms. The lowest BCUT2D eigenvalue weighted by atomic mass is 9.98. The number of likely N-dealkylation sites (tertiary alicyclic amines) is 2. The van der Waals surface area contributed by atoms with Crippen LogP contribution >= 0.6 is 11.3 Å². The van der Waals surface area contributed by atoms with E-state index in [0.717, 1.165) is 68.2 Å². The van der Waals surface area contributed by atoms with Crippen molar-refractivity contribution in [1.82, 2.24) is 14.8 Å². The summed E-state index contributed by atoms with van der Waals surface area (Å²) in [6.07, 6.45) is 6.11. The zero-order chi connectivity index (χ0) is 22.6. The molecule has 3 aromatic rings. The van der Waals surface area contributed by atoms with Gasteiger partial charge in [-0.2, -0.15) is 0 Å². The van der Waals surface area contributed by atoms with Crippen molar-refractivity contribution in [3.63, 3.8) is 0 Å². The van der Waals surface area contributed by atoms with E-state index in [1.165, 1.54) is 12.1 Å². The highest BCUT2D eigenvalue weighted by Gasteiger charge is 2.30. The van der Waals surface area contributed by atoms with E-state index in [-0.39, 0.29) is 17.8 Å². The van der Waals surface area contributed by atoms with E-state index in [1.54, 1.807) is 29.7 Å². The maximum absolute atomic E-state index is 13.2. The number of piperidine rings is 2. The fourth-order valence-electron chi connectivity index (χ4n) is 4.83. The van der Waals surface area contributed by atoms with Crippen LogP contribution in [0.3, 0.4) is 0 Å². The highest BCUT2D eigenvalue weighted by atomic mass is 32.1. The summed E-state index contributed by atoms with van der Waals surface area (Å²) in [5.74, 6) is -0.156. The summed E-state index contributed by atoms with van der Waals surface area (Å²) in [5.41, 5.74) is 2.63. The molecule has 2 aromatic carbocycles. The monoisotopic (exact) mass is 465 g/mol. The van der Waals surface area contributed by atoms with Gasteiger partial charge in [0, 0.05) is 49.4 Å². The fraction of sp³-hybridized carbons (Fsp3) is 0.385. The van der Waals surface area contributed by atoms with Crippen molar-refractivity contribution in [2.75, 3.05) is 26.2 Å². The number of carbonyl (C=O) groups is 1. The normalized spacial score (nSPS) is 18.4. The summed E-state index contributed by atoms with van der Waals surface area (Å²) in [4.78, 5) is 21.8. The molecule has 0 N–H and O–H groups in total. The molecule has 2 aliphatic rings. The summed E-state index contributed by atoms with van der Waals surface area (Å²) in [6.45, 7) is 3.66. The first-order chi connectivity index (χ1) is 16.2. The van der Waals surface area contributed by atoms with Gasteiger partial charge in [-0.05, 0) is 61.1 Å². The molecule has 2 fully saturated rings. The minimum atomic E-state index is -0.248. The van der Waals surface area contributed by atoms with E-state index in [0.29, 0.717) is 11.6 Å². The minimum absolute atomic E-state index is 0.0923. The quantitative estimate of drug-likeness (QED) is 0.526. The van der Waals surface area contributed by atoms with E-state index < -0.39 is 0 Å². The number of benzene rings is 2. The van der Waals surface area contributed by atoms with Gasteiger partial charge in [-0.3, -0.25) is 9.69 Å². The predicted molar refractivity (Wildman–Crippen MR) is 128 cm³/mol. The number of hydrogen-bond donors (Lipinski definition) is 0. The Hall–Kier alpha value is -2.77. The second-order valence-corrected chi connectivity index (χ2v) is 9.62. The molecule has 0 unspecified atom stereocenters. The second-order valence-electron chi connectivity index (χ2n) is 8.76. The zero-order valence-electron chi connectivity index (χ0n) is 18.5.